The number of carbonyl (C=O) groups excluding carboxylic acids is 1. The molecule has 1 N–H and O–H groups in total. The molecule has 20 heavy (non-hydrogen) atoms. The first-order valence-corrected chi connectivity index (χ1v) is 6.21. The summed E-state index contributed by atoms with van der Waals surface area (Å²) in [6, 6.07) is 11.0. The topological polar surface area (TPSA) is 63.8 Å². The van der Waals surface area contributed by atoms with Gasteiger partial charge in [0.25, 0.3) is 5.91 Å². The van der Waals surface area contributed by atoms with Crippen LogP contribution in [0.2, 0.25) is 0 Å². The highest BCUT2D eigenvalue weighted by Crippen LogP contribution is 2.10. The van der Waals surface area contributed by atoms with Crippen molar-refractivity contribution in [1.82, 2.24) is 5.43 Å². The molecule has 104 valence electrons. The molecule has 0 spiro atoms. The van der Waals surface area contributed by atoms with Gasteiger partial charge < -0.3 is 9.15 Å². The standard InChI is InChI=1S/C15H16N2O3/c1-11-5-7-13(8-6-11)20-10-15(18)17-16-12(2)14-4-3-9-19-14/h3-9H,10H2,1-2H3,(H,17,18). The maximum absolute atomic E-state index is 11.6. The summed E-state index contributed by atoms with van der Waals surface area (Å²) < 4.78 is 10.5. The van der Waals surface area contributed by atoms with E-state index < -0.39 is 0 Å². The molecule has 0 fully saturated rings. The first-order valence-electron chi connectivity index (χ1n) is 6.21. The molecule has 5 nitrogen and oxygen atoms in total. The van der Waals surface area contributed by atoms with Crippen LogP contribution in [-0.4, -0.2) is 18.2 Å². The number of amides is 1. The van der Waals surface area contributed by atoms with E-state index in [1.807, 2.05) is 31.2 Å². The number of ether oxygens (including phenoxy) is 1. The maximum atomic E-state index is 11.6. The third-order valence-corrected chi connectivity index (χ3v) is 2.62. The highest BCUT2D eigenvalue weighted by molar-refractivity contribution is 5.96. The number of hydrogen-bond acceptors (Lipinski definition) is 4. The van der Waals surface area contributed by atoms with Crippen molar-refractivity contribution >= 4 is 11.6 Å². The van der Waals surface area contributed by atoms with Crippen LogP contribution in [0.25, 0.3) is 0 Å². The Kier molecular flexibility index (Phi) is 4.55. The monoisotopic (exact) mass is 272 g/mol. The molecule has 0 saturated heterocycles. The van der Waals surface area contributed by atoms with Gasteiger partial charge in [-0.3, -0.25) is 4.79 Å². The van der Waals surface area contributed by atoms with Gasteiger partial charge >= 0.3 is 0 Å². The predicted molar refractivity (Wildman–Crippen MR) is 75.7 cm³/mol. The number of aryl methyl sites for hydroxylation is 1. The third kappa shape index (κ3) is 3.98. The zero-order valence-corrected chi connectivity index (χ0v) is 11.4. The number of hydrogen-bond donors (Lipinski definition) is 1. The quantitative estimate of drug-likeness (QED) is 0.672. The molecule has 0 unspecified atom stereocenters. The van der Waals surface area contributed by atoms with Gasteiger partial charge in [-0.2, -0.15) is 5.10 Å². The predicted octanol–water partition coefficient (Wildman–Crippen LogP) is 2.51. The largest absolute Gasteiger partial charge is 0.484 e. The SMILES string of the molecule is CC(=NNC(=O)COc1ccc(C)cc1)c1ccco1. The van der Waals surface area contributed by atoms with Crippen molar-refractivity contribution in [3.8, 4) is 5.75 Å². The first-order chi connectivity index (χ1) is 9.65. The summed E-state index contributed by atoms with van der Waals surface area (Å²) in [7, 11) is 0. The van der Waals surface area contributed by atoms with Crippen LogP contribution in [0.3, 0.4) is 0 Å². The van der Waals surface area contributed by atoms with Gasteiger partial charge in [0.15, 0.2) is 6.61 Å². The fraction of sp³-hybridized carbons (Fsp3) is 0.200. The van der Waals surface area contributed by atoms with E-state index in [2.05, 4.69) is 10.5 Å². The zero-order chi connectivity index (χ0) is 14.4. The van der Waals surface area contributed by atoms with E-state index in [0.29, 0.717) is 17.2 Å². The highest BCUT2D eigenvalue weighted by Gasteiger charge is 2.04. The average Bonchev–Trinajstić information content (AvgIpc) is 2.98. The van der Waals surface area contributed by atoms with E-state index in [-0.39, 0.29) is 12.5 Å². The molecular weight excluding hydrogens is 256 g/mol. The number of rotatable bonds is 5. The maximum Gasteiger partial charge on any atom is 0.277 e. The molecule has 0 bridgehead atoms. The highest BCUT2D eigenvalue weighted by atomic mass is 16.5. The lowest BCUT2D eigenvalue weighted by atomic mass is 10.2. The Hall–Kier alpha value is -2.56. The smallest absolute Gasteiger partial charge is 0.277 e. The number of nitrogens with one attached hydrogen (secondary N) is 1. The van der Waals surface area contributed by atoms with Gasteiger partial charge in [-0.25, -0.2) is 5.43 Å². The number of carbonyl (C=O) groups is 1. The van der Waals surface area contributed by atoms with Gasteiger partial charge in [-0.1, -0.05) is 17.7 Å². The molecule has 1 aromatic carbocycles. The van der Waals surface area contributed by atoms with Crippen molar-refractivity contribution < 1.29 is 13.9 Å². The van der Waals surface area contributed by atoms with Crippen molar-refractivity contribution in [2.75, 3.05) is 6.61 Å². The molecule has 0 radical (unpaired) electrons. The van der Waals surface area contributed by atoms with Crippen LogP contribution in [0.4, 0.5) is 0 Å². The lowest BCUT2D eigenvalue weighted by molar-refractivity contribution is -0.123. The van der Waals surface area contributed by atoms with Crippen LogP contribution >= 0.6 is 0 Å². The van der Waals surface area contributed by atoms with Crippen molar-refractivity contribution in [1.29, 1.82) is 0 Å². The van der Waals surface area contributed by atoms with Crippen LogP contribution in [0, 0.1) is 6.92 Å². The molecule has 0 aliphatic carbocycles. The Morgan fingerprint density at radius 1 is 1.30 bits per heavy atom. The number of nitrogens with zero attached hydrogens (tertiary/aromatic N) is 1. The van der Waals surface area contributed by atoms with Gasteiger partial charge in [0.05, 0.1) is 6.26 Å². The number of hydrazone groups is 1. The van der Waals surface area contributed by atoms with Gasteiger partial charge in [0, 0.05) is 0 Å². The van der Waals surface area contributed by atoms with Crippen LogP contribution in [0.1, 0.15) is 18.2 Å². The summed E-state index contributed by atoms with van der Waals surface area (Å²) >= 11 is 0. The minimum Gasteiger partial charge on any atom is -0.484 e. The van der Waals surface area contributed by atoms with Crippen LogP contribution < -0.4 is 10.2 Å². The van der Waals surface area contributed by atoms with E-state index in [1.54, 1.807) is 25.3 Å². The lowest BCUT2D eigenvalue weighted by Gasteiger charge is -2.05. The molecule has 0 aliphatic heterocycles. The van der Waals surface area contributed by atoms with Gasteiger partial charge in [-0.05, 0) is 38.1 Å². The average molecular weight is 272 g/mol. The van der Waals surface area contributed by atoms with E-state index in [4.69, 9.17) is 9.15 Å². The van der Waals surface area contributed by atoms with Crippen LogP contribution in [0.15, 0.2) is 52.2 Å². The van der Waals surface area contributed by atoms with Crippen molar-refractivity contribution in [2.45, 2.75) is 13.8 Å². The molecule has 1 aromatic heterocycles. The molecule has 0 atom stereocenters. The summed E-state index contributed by atoms with van der Waals surface area (Å²) in [5.41, 5.74) is 4.15. The number of furan rings is 1. The Morgan fingerprint density at radius 2 is 2.05 bits per heavy atom. The van der Waals surface area contributed by atoms with E-state index in [0.717, 1.165) is 5.56 Å². The number of benzene rings is 1. The Bertz CT molecular complexity index is 586. The lowest BCUT2D eigenvalue weighted by Crippen LogP contribution is -2.25. The van der Waals surface area contributed by atoms with Crippen molar-refractivity contribution in [3.05, 3.63) is 54.0 Å². The second-order valence-electron chi connectivity index (χ2n) is 4.31. The molecule has 1 amide bonds. The molecule has 0 saturated carbocycles. The molecule has 1 heterocycles. The first kappa shape index (κ1) is 13.9. The third-order valence-electron chi connectivity index (χ3n) is 2.62. The van der Waals surface area contributed by atoms with Gasteiger partial charge in [0.2, 0.25) is 0 Å². The summed E-state index contributed by atoms with van der Waals surface area (Å²) in [6.45, 7) is 3.65. The fourth-order valence-electron chi connectivity index (χ4n) is 1.50. The van der Waals surface area contributed by atoms with Crippen LogP contribution in [0.5, 0.6) is 5.75 Å². The van der Waals surface area contributed by atoms with E-state index in [9.17, 15) is 4.79 Å². The van der Waals surface area contributed by atoms with E-state index in [1.165, 1.54) is 0 Å². The van der Waals surface area contributed by atoms with E-state index >= 15 is 0 Å². The second-order valence-corrected chi connectivity index (χ2v) is 4.31. The fourth-order valence-corrected chi connectivity index (χ4v) is 1.50. The van der Waals surface area contributed by atoms with Gasteiger partial charge in [0.1, 0.15) is 17.2 Å². The van der Waals surface area contributed by atoms with Crippen molar-refractivity contribution in [2.24, 2.45) is 5.10 Å². The summed E-state index contributed by atoms with van der Waals surface area (Å²) in [4.78, 5) is 11.6. The summed E-state index contributed by atoms with van der Waals surface area (Å²) in [5.74, 6) is 0.943. The second kappa shape index (κ2) is 6.56. The Balaban J connectivity index is 1.81. The molecule has 5 heteroatoms. The zero-order valence-electron chi connectivity index (χ0n) is 11.4. The summed E-state index contributed by atoms with van der Waals surface area (Å²) in [5, 5.41) is 3.94. The van der Waals surface area contributed by atoms with Crippen molar-refractivity contribution in [3.63, 3.8) is 0 Å². The molecule has 2 aromatic rings. The van der Waals surface area contributed by atoms with Crippen LogP contribution in [-0.2, 0) is 4.79 Å². The Morgan fingerprint density at radius 3 is 2.70 bits per heavy atom. The molecule has 0 aliphatic rings. The minimum atomic E-state index is -0.323. The molecule has 2 rings (SSSR count). The normalized spacial score (nSPS) is 11.2. The van der Waals surface area contributed by atoms with Gasteiger partial charge in [-0.15, -0.1) is 0 Å². The minimum absolute atomic E-state index is 0.0853. The molecular formula is C15H16N2O3. The Labute approximate surface area is 117 Å². The summed E-state index contributed by atoms with van der Waals surface area (Å²) in [6.07, 6.45) is 1.55.